The van der Waals surface area contributed by atoms with Crippen LogP contribution in [0.15, 0.2) is 29.1 Å². The fraction of sp³-hybridized carbons (Fsp3) is 0.308. The Morgan fingerprint density at radius 2 is 2.26 bits per heavy atom. The highest BCUT2D eigenvalue weighted by atomic mass is 79.9. The van der Waals surface area contributed by atoms with E-state index in [0.717, 1.165) is 17.7 Å². The molecule has 0 fully saturated rings. The maximum absolute atomic E-state index is 11.9. The third-order valence-corrected chi connectivity index (χ3v) is 3.22. The van der Waals surface area contributed by atoms with Gasteiger partial charge in [0.1, 0.15) is 4.60 Å². The lowest BCUT2D eigenvalue weighted by atomic mass is 10.2. The van der Waals surface area contributed by atoms with E-state index >= 15 is 0 Å². The molecule has 0 aliphatic heterocycles. The quantitative estimate of drug-likeness (QED) is 0.876. The first-order chi connectivity index (χ1) is 9.10. The molecule has 0 radical (unpaired) electrons. The molecular weight excluding hydrogens is 308 g/mol. The van der Waals surface area contributed by atoms with E-state index in [1.54, 1.807) is 23.0 Å². The monoisotopic (exact) mass is 322 g/mol. The highest BCUT2D eigenvalue weighted by molar-refractivity contribution is 9.10. The normalized spacial score (nSPS) is 10.5. The van der Waals surface area contributed by atoms with E-state index in [1.165, 1.54) is 0 Å². The van der Waals surface area contributed by atoms with Crippen LogP contribution in [0.25, 0.3) is 0 Å². The van der Waals surface area contributed by atoms with Gasteiger partial charge in [-0.05, 0) is 34.5 Å². The summed E-state index contributed by atoms with van der Waals surface area (Å²) in [5.41, 5.74) is 2.60. The predicted octanol–water partition coefficient (Wildman–Crippen LogP) is 2.07. The average molecular weight is 323 g/mol. The molecule has 6 heteroatoms. The second kappa shape index (κ2) is 5.97. The molecule has 5 nitrogen and oxygen atoms in total. The number of rotatable bonds is 4. The third kappa shape index (κ3) is 3.41. The summed E-state index contributed by atoms with van der Waals surface area (Å²) in [7, 11) is 1.88. The van der Waals surface area contributed by atoms with Gasteiger partial charge >= 0.3 is 0 Å². The first kappa shape index (κ1) is 13.7. The Balaban J connectivity index is 2.02. The van der Waals surface area contributed by atoms with Crippen molar-refractivity contribution in [2.24, 2.45) is 7.05 Å². The van der Waals surface area contributed by atoms with Crippen LogP contribution in [0.1, 0.15) is 28.5 Å². The molecule has 2 aromatic rings. The molecule has 0 atom stereocenters. The van der Waals surface area contributed by atoms with Crippen molar-refractivity contribution in [2.75, 3.05) is 0 Å². The molecular formula is C13H15BrN4O. The molecule has 2 heterocycles. The van der Waals surface area contributed by atoms with Gasteiger partial charge in [0, 0.05) is 31.5 Å². The van der Waals surface area contributed by atoms with Crippen molar-refractivity contribution in [3.8, 4) is 0 Å². The van der Waals surface area contributed by atoms with Crippen LogP contribution in [0.3, 0.4) is 0 Å². The number of amides is 1. The van der Waals surface area contributed by atoms with Gasteiger partial charge in [0.25, 0.3) is 5.91 Å². The summed E-state index contributed by atoms with van der Waals surface area (Å²) in [5.74, 6) is -0.133. The fourth-order valence-electron chi connectivity index (χ4n) is 1.82. The minimum atomic E-state index is -0.133. The van der Waals surface area contributed by atoms with Gasteiger partial charge in [0.05, 0.1) is 11.3 Å². The molecule has 2 rings (SSSR count). The van der Waals surface area contributed by atoms with E-state index in [9.17, 15) is 4.79 Å². The standard InChI is InChI=1S/C13H15BrN4O/c1-3-11-10(8-18(2)17-11)7-16-13(19)9-4-5-12(14)15-6-9/h4-6,8H,3,7H2,1-2H3,(H,16,19). The molecule has 0 spiro atoms. The number of carbonyl (C=O) groups is 1. The van der Waals surface area contributed by atoms with E-state index in [0.29, 0.717) is 16.7 Å². The first-order valence-electron chi connectivity index (χ1n) is 6.01. The van der Waals surface area contributed by atoms with Crippen molar-refractivity contribution in [1.82, 2.24) is 20.1 Å². The topological polar surface area (TPSA) is 59.8 Å². The number of hydrogen-bond donors (Lipinski definition) is 1. The summed E-state index contributed by atoms with van der Waals surface area (Å²) in [6.45, 7) is 2.53. The Morgan fingerprint density at radius 3 is 2.89 bits per heavy atom. The largest absolute Gasteiger partial charge is 0.348 e. The predicted molar refractivity (Wildman–Crippen MR) is 75.7 cm³/mol. The Labute approximate surface area is 120 Å². The number of nitrogens with zero attached hydrogens (tertiary/aromatic N) is 3. The number of halogens is 1. The average Bonchev–Trinajstić information content (AvgIpc) is 2.77. The lowest BCUT2D eigenvalue weighted by molar-refractivity contribution is 0.0950. The number of nitrogens with one attached hydrogen (secondary N) is 1. The van der Waals surface area contributed by atoms with Crippen molar-refractivity contribution in [3.63, 3.8) is 0 Å². The van der Waals surface area contributed by atoms with Crippen LogP contribution in [-0.2, 0) is 20.0 Å². The zero-order valence-corrected chi connectivity index (χ0v) is 12.4. The van der Waals surface area contributed by atoms with Gasteiger partial charge in [-0.2, -0.15) is 5.10 Å². The molecule has 0 unspecified atom stereocenters. The molecule has 0 bridgehead atoms. The molecule has 19 heavy (non-hydrogen) atoms. The van der Waals surface area contributed by atoms with Crippen molar-refractivity contribution in [2.45, 2.75) is 19.9 Å². The van der Waals surface area contributed by atoms with E-state index in [-0.39, 0.29) is 5.91 Å². The van der Waals surface area contributed by atoms with Crippen LogP contribution < -0.4 is 5.32 Å². The summed E-state index contributed by atoms with van der Waals surface area (Å²) < 4.78 is 2.48. The van der Waals surface area contributed by atoms with Crippen LogP contribution in [0, 0.1) is 0 Å². The second-order valence-corrected chi connectivity index (χ2v) is 4.99. The van der Waals surface area contributed by atoms with Crippen molar-refractivity contribution in [1.29, 1.82) is 0 Å². The number of aromatic nitrogens is 3. The third-order valence-electron chi connectivity index (χ3n) is 2.76. The zero-order chi connectivity index (χ0) is 13.8. The molecule has 0 saturated heterocycles. The molecule has 0 aromatic carbocycles. The number of carbonyl (C=O) groups excluding carboxylic acids is 1. The first-order valence-corrected chi connectivity index (χ1v) is 6.80. The summed E-state index contributed by atoms with van der Waals surface area (Å²) in [5, 5.41) is 7.21. The molecule has 100 valence electrons. The van der Waals surface area contributed by atoms with Crippen LogP contribution in [0.4, 0.5) is 0 Å². The molecule has 1 amide bonds. The lowest BCUT2D eigenvalue weighted by Crippen LogP contribution is -2.23. The minimum Gasteiger partial charge on any atom is -0.348 e. The van der Waals surface area contributed by atoms with Crippen LogP contribution >= 0.6 is 15.9 Å². The summed E-state index contributed by atoms with van der Waals surface area (Å²) >= 11 is 3.24. The van der Waals surface area contributed by atoms with Crippen molar-refractivity contribution >= 4 is 21.8 Å². The van der Waals surface area contributed by atoms with Gasteiger partial charge in [-0.15, -0.1) is 0 Å². The number of hydrogen-bond acceptors (Lipinski definition) is 3. The van der Waals surface area contributed by atoms with Gasteiger partial charge < -0.3 is 5.32 Å². The van der Waals surface area contributed by atoms with E-state index < -0.39 is 0 Å². The molecule has 1 N–H and O–H groups in total. The van der Waals surface area contributed by atoms with Crippen LogP contribution in [-0.4, -0.2) is 20.7 Å². The van der Waals surface area contributed by atoms with E-state index in [2.05, 4.69) is 31.3 Å². The van der Waals surface area contributed by atoms with Gasteiger partial charge in [-0.1, -0.05) is 6.92 Å². The lowest BCUT2D eigenvalue weighted by Gasteiger charge is -2.04. The molecule has 2 aromatic heterocycles. The Hall–Kier alpha value is -1.69. The second-order valence-electron chi connectivity index (χ2n) is 4.18. The van der Waals surface area contributed by atoms with E-state index in [4.69, 9.17) is 0 Å². The van der Waals surface area contributed by atoms with Gasteiger partial charge in [-0.25, -0.2) is 4.98 Å². The fourth-order valence-corrected chi connectivity index (χ4v) is 2.05. The van der Waals surface area contributed by atoms with Crippen LogP contribution in [0.5, 0.6) is 0 Å². The maximum Gasteiger partial charge on any atom is 0.253 e. The Kier molecular flexibility index (Phi) is 4.31. The van der Waals surface area contributed by atoms with Crippen molar-refractivity contribution < 1.29 is 4.79 Å². The highest BCUT2D eigenvalue weighted by Crippen LogP contribution is 2.09. The maximum atomic E-state index is 11.9. The van der Waals surface area contributed by atoms with Crippen molar-refractivity contribution in [3.05, 3.63) is 46.0 Å². The number of aryl methyl sites for hydroxylation is 2. The Morgan fingerprint density at radius 1 is 1.47 bits per heavy atom. The molecule has 0 saturated carbocycles. The SMILES string of the molecule is CCc1nn(C)cc1CNC(=O)c1ccc(Br)nc1. The summed E-state index contributed by atoms with van der Waals surface area (Å²) in [6.07, 6.45) is 4.33. The van der Waals surface area contributed by atoms with Gasteiger partial charge in [-0.3, -0.25) is 9.48 Å². The summed E-state index contributed by atoms with van der Waals surface area (Å²) in [4.78, 5) is 16.0. The summed E-state index contributed by atoms with van der Waals surface area (Å²) in [6, 6.07) is 3.48. The highest BCUT2D eigenvalue weighted by Gasteiger charge is 2.09. The minimum absolute atomic E-state index is 0.133. The smallest absolute Gasteiger partial charge is 0.253 e. The van der Waals surface area contributed by atoms with Gasteiger partial charge in [0.15, 0.2) is 0 Å². The number of pyridine rings is 1. The van der Waals surface area contributed by atoms with Gasteiger partial charge in [0.2, 0.25) is 0 Å². The zero-order valence-electron chi connectivity index (χ0n) is 10.9. The van der Waals surface area contributed by atoms with Crippen LogP contribution in [0.2, 0.25) is 0 Å². The molecule has 0 aliphatic carbocycles. The molecule has 0 aliphatic rings. The Bertz CT molecular complexity index is 577. The van der Waals surface area contributed by atoms with E-state index in [1.807, 2.05) is 20.2 Å².